The van der Waals surface area contributed by atoms with Gasteiger partial charge in [0.2, 0.25) is 0 Å². The summed E-state index contributed by atoms with van der Waals surface area (Å²) in [4.78, 5) is 13.9. The molecule has 1 aliphatic carbocycles. The van der Waals surface area contributed by atoms with E-state index in [-0.39, 0.29) is 18.6 Å². The van der Waals surface area contributed by atoms with Gasteiger partial charge in [0.1, 0.15) is 25.1 Å². The van der Waals surface area contributed by atoms with E-state index in [4.69, 9.17) is 9.47 Å². The van der Waals surface area contributed by atoms with E-state index in [0.717, 1.165) is 23.4 Å². The molecule has 1 unspecified atom stereocenters. The van der Waals surface area contributed by atoms with Gasteiger partial charge in [-0.2, -0.15) is 0 Å². The van der Waals surface area contributed by atoms with Gasteiger partial charge in [-0.15, -0.1) is 0 Å². The fraction of sp³-hybridized carbons (Fsp3) is 0.250. The predicted molar refractivity (Wildman–Crippen MR) is 93.2 cm³/mol. The van der Waals surface area contributed by atoms with E-state index in [9.17, 15) is 4.79 Å². The minimum Gasteiger partial charge on any atom is -0.490 e. The van der Waals surface area contributed by atoms with E-state index in [1.165, 1.54) is 5.56 Å². The van der Waals surface area contributed by atoms with Crippen LogP contribution in [0.25, 0.3) is 6.08 Å². The molecular weight excluding hydrogens is 302 g/mol. The summed E-state index contributed by atoms with van der Waals surface area (Å²) in [5.41, 5.74) is 3.35. The normalized spacial score (nSPS) is 19.4. The molecule has 0 N–H and O–H groups in total. The Hall–Kier alpha value is -2.59. The molecule has 2 aromatic carbocycles. The number of allylic oxidation sites excluding steroid dienone is 1. The van der Waals surface area contributed by atoms with Crippen molar-refractivity contribution in [2.24, 2.45) is 0 Å². The van der Waals surface area contributed by atoms with E-state index < -0.39 is 0 Å². The standard InChI is InChI=1S/C20H19NO3/c22-20-14-23-17(12-21(20)16-8-2-1-3-9-16)13-24-19-11-5-7-15-6-4-10-18(15)19/h1-5,7-11,17H,6,12-14H2. The summed E-state index contributed by atoms with van der Waals surface area (Å²) >= 11 is 0. The summed E-state index contributed by atoms with van der Waals surface area (Å²) in [6.07, 6.45) is 5.07. The monoisotopic (exact) mass is 321 g/mol. The molecule has 0 radical (unpaired) electrons. The van der Waals surface area contributed by atoms with Gasteiger partial charge in [-0.05, 0) is 30.2 Å². The van der Waals surface area contributed by atoms with Crippen LogP contribution in [0.2, 0.25) is 0 Å². The van der Waals surface area contributed by atoms with Crippen molar-refractivity contribution in [2.75, 3.05) is 24.7 Å². The van der Waals surface area contributed by atoms with Crippen LogP contribution in [0.15, 0.2) is 54.6 Å². The van der Waals surface area contributed by atoms with Crippen LogP contribution >= 0.6 is 0 Å². The van der Waals surface area contributed by atoms with Gasteiger partial charge in [0.15, 0.2) is 0 Å². The largest absolute Gasteiger partial charge is 0.490 e. The van der Waals surface area contributed by atoms with Gasteiger partial charge in [-0.3, -0.25) is 4.79 Å². The number of rotatable bonds is 4. The van der Waals surface area contributed by atoms with E-state index in [2.05, 4.69) is 18.2 Å². The first-order chi connectivity index (χ1) is 11.8. The maximum atomic E-state index is 12.1. The van der Waals surface area contributed by atoms with Gasteiger partial charge in [0, 0.05) is 11.3 Å². The molecule has 0 spiro atoms. The van der Waals surface area contributed by atoms with Crippen LogP contribution in [-0.4, -0.2) is 31.8 Å². The molecule has 0 bridgehead atoms. The molecule has 2 aromatic rings. The number of nitrogens with zero attached hydrogens (tertiary/aromatic N) is 1. The van der Waals surface area contributed by atoms with Crippen LogP contribution < -0.4 is 9.64 Å². The highest BCUT2D eigenvalue weighted by atomic mass is 16.5. The summed E-state index contributed by atoms with van der Waals surface area (Å²) in [5.74, 6) is 0.869. The summed E-state index contributed by atoms with van der Waals surface area (Å²) in [6, 6.07) is 15.8. The summed E-state index contributed by atoms with van der Waals surface area (Å²) in [6.45, 7) is 1.03. The van der Waals surface area contributed by atoms with Crippen molar-refractivity contribution < 1.29 is 14.3 Å². The van der Waals surface area contributed by atoms with Gasteiger partial charge < -0.3 is 14.4 Å². The van der Waals surface area contributed by atoms with Gasteiger partial charge in [-0.1, -0.05) is 42.5 Å². The van der Waals surface area contributed by atoms with Gasteiger partial charge in [0.05, 0.1) is 6.54 Å². The molecule has 1 heterocycles. The van der Waals surface area contributed by atoms with Gasteiger partial charge in [0.25, 0.3) is 5.91 Å². The average molecular weight is 321 g/mol. The molecular formula is C20H19NO3. The molecule has 0 saturated carbocycles. The molecule has 2 aliphatic rings. The molecule has 4 rings (SSSR count). The number of ether oxygens (including phenoxy) is 2. The highest BCUT2D eigenvalue weighted by Crippen LogP contribution is 2.29. The average Bonchev–Trinajstić information content (AvgIpc) is 3.11. The number of para-hydroxylation sites is 1. The highest BCUT2D eigenvalue weighted by molar-refractivity contribution is 5.94. The van der Waals surface area contributed by atoms with E-state index in [1.807, 2.05) is 42.5 Å². The molecule has 4 nitrogen and oxygen atoms in total. The summed E-state index contributed by atoms with van der Waals surface area (Å²) in [5, 5.41) is 0. The Balaban J connectivity index is 1.43. The number of hydrogen-bond donors (Lipinski definition) is 0. The minimum absolute atomic E-state index is 0.0130. The summed E-state index contributed by atoms with van der Waals surface area (Å²) in [7, 11) is 0. The van der Waals surface area contributed by atoms with E-state index in [0.29, 0.717) is 13.2 Å². The van der Waals surface area contributed by atoms with Crippen LogP contribution in [0.5, 0.6) is 5.75 Å². The van der Waals surface area contributed by atoms with Crippen LogP contribution in [0, 0.1) is 0 Å². The quantitative estimate of drug-likeness (QED) is 0.869. The van der Waals surface area contributed by atoms with Crippen LogP contribution in [0.1, 0.15) is 11.1 Å². The van der Waals surface area contributed by atoms with Crippen LogP contribution in [0.4, 0.5) is 5.69 Å². The lowest BCUT2D eigenvalue weighted by Gasteiger charge is -2.32. The van der Waals surface area contributed by atoms with E-state index >= 15 is 0 Å². The number of hydrogen-bond acceptors (Lipinski definition) is 3. The molecule has 1 saturated heterocycles. The lowest BCUT2D eigenvalue weighted by atomic mass is 10.1. The van der Waals surface area contributed by atoms with Crippen molar-refractivity contribution in [1.29, 1.82) is 0 Å². The van der Waals surface area contributed by atoms with Crippen molar-refractivity contribution >= 4 is 17.7 Å². The smallest absolute Gasteiger partial charge is 0.253 e. The Bertz CT molecular complexity index is 770. The number of benzene rings is 2. The molecule has 24 heavy (non-hydrogen) atoms. The number of anilines is 1. The maximum absolute atomic E-state index is 12.1. The topological polar surface area (TPSA) is 38.8 Å². The lowest BCUT2D eigenvalue weighted by molar-refractivity contribution is -0.130. The molecule has 1 aliphatic heterocycles. The fourth-order valence-corrected chi connectivity index (χ4v) is 3.15. The van der Waals surface area contributed by atoms with E-state index in [1.54, 1.807) is 4.90 Å². The van der Waals surface area contributed by atoms with Crippen LogP contribution in [-0.2, 0) is 16.0 Å². The Morgan fingerprint density at radius 3 is 2.88 bits per heavy atom. The second-order valence-electron chi connectivity index (χ2n) is 6.02. The molecule has 1 amide bonds. The zero-order valence-electron chi connectivity index (χ0n) is 13.4. The summed E-state index contributed by atoms with van der Waals surface area (Å²) < 4.78 is 11.6. The SMILES string of the molecule is O=C1COC(COc2cccc3c2C=CC3)CN1c1ccccc1. The Morgan fingerprint density at radius 2 is 2.00 bits per heavy atom. The van der Waals surface area contributed by atoms with Crippen LogP contribution in [0.3, 0.4) is 0 Å². The first-order valence-electron chi connectivity index (χ1n) is 8.19. The van der Waals surface area contributed by atoms with Crippen molar-refractivity contribution in [3.05, 3.63) is 65.7 Å². The number of morpholine rings is 1. The molecule has 0 aromatic heterocycles. The Labute approximate surface area is 141 Å². The molecule has 1 fully saturated rings. The number of carbonyl (C=O) groups excluding carboxylic acids is 1. The number of amides is 1. The Morgan fingerprint density at radius 1 is 1.12 bits per heavy atom. The first kappa shape index (κ1) is 15.0. The first-order valence-corrected chi connectivity index (χ1v) is 8.19. The number of carbonyl (C=O) groups is 1. The third-order valence-electron chi connectivity index (χ3n) is 4.40. The molecule has 122 valence electrons. The zero-order valence-corrected chi connectivity index (χ0v) is 13.4. The second-order valence-corrected chi connectivity index (χ2v) is 6.02. The lowest BCUT2D eigenvalue weighted by Crippen LogP contribution is -2.48. The maximum Gasteiger partial charge on any atom is 0.253 e. The van der Waals surface area contributed by atoms with Crippen molar-refractivity contribution in [3.8, 4) is 5.75 Å². The third kappa shape index (κ3) is 2.93. The van der Waals surface area contributed by atoms with Gasteiger partial charge >= 0.3 is 0 Å². The molecule has 4 heteroatoms. The zero-order chi connectivity index (χ0) is 16.4. The highest BCUT2D eigenvalue weighted by Gasteiger charge is 2.28. The minimum atomic E-state index is -0.135. The second kappa shape index (κ2) is 6.49. The predicted octanol–water partition coefficient (Wildman–Crippen LogP) is 3.07. The fourth-order valence-electron chi connectivity index (χ4n) is 3.15. The van der Waals surface area contributed by atoms with Crippen molar-refractivity contribution in [1.82, 2.24) is 0 Å². The van der Waals surface area contributed by atoms with Crippen molar-refractivity contribution in [2.45, 2.75) is 12.5 Å². The van der Waals surface area contributed by atoms with Gasteiger partial charge in [-0.25, -0.2) is 0 Å². The Kier molecular flexibility index (Phi) is 4.05. The number of fused-ring (bicyclic) bond motifs is 1. The third-order valence-corrected chi connectivity index (χ3v) is 4.40. The molecule has 1 atom stereocenters. The van der Waals surface area contributed by atoms with Crippen molar-refractivity contribution in [3.63, 3.8) is 0 Å².